The molecular weight excluding hydrogens is 200 g/mol. The average Bonchev–Trinajstić information content (AvgIpc) is 2.52. The monoisotopic (exact) mass is 218 g/mol. The molecule has 2 heteroatoms. The summed E-state index contributed by atoms with van der Waals surface area (Å²) in [4.78, 5) is 0. The molecule has 3 unspecified atom stereocenters. The third-order valence-corrected chi connectivity index (χ3v) is 3.79. The highest BCUT2D eigenvalue weighted by atomic mass is 16.7. The predicted octanol–water partition coefficient (Wildman–Crippen LogP) is 2.55. The van der Waals surface area contributed by atoms with Crippen LogP contribution >= 0.6 is 0 Å². The Morgan fingerprint density at radius 2 is 2.00 bits per heavy atom. The topological polar surface area (TPSA) is 18.5 Å². The van der Waals surface area contributed by atoms with Crippen LogP contribution in [0.1, 0.15) is 17.5 Å². The highest BCUT2D eigenvalue weighted by Crippen LogP contribution is 2.36. The minimum Gasteiger partial charge on any atom is -0.352 e. The van der Waals surface area contributed by atoms with Crippen LogP contribution in [0.3, 0.4) is 0 Å². The minimum absolute atomic E-state index is 0.0556. The molecule has 2 bridgehead atoms. The van der Waals surface area contributed by atoms with E-state index < -0.39 is 0 Å². The highest BCUT2D eigenvalue weighted by Gasteiger charge is 2.40. The summed E-state index contributed by atoms with van der Waals surface area (Å²) >= 11 is 0. The van der Waals surface area contributed by atoms with Gasteiger partial charge in [0.1, 0.15) is 0 Å². The van der Waals surface area contributed by atoms with Crippen molar-refractivity contribution >= 4 is 0 Å². The Bertz CT molecular complexity index is 342. The van der Waals surface area contributed by atoms with Crippen LogP contribution in [0.5, 0.6) is 0 Å². The third-order valence-electron chi connectivity index (χ3n) is 3.79. The van der Waals surface area contributed by atoms with Gasteiger partial charge in [0.2, 0.25) is 0 Å². The molecule has 2 fully saturated rings. The number of aryl methyl sites for hydroxylation is 1. The van der Waals surface area contributed by atoms with E-state index in [0.717, 1.165) is 26.1 Å². The molecular formula is C14H18O2. The highest BCUT2D eigenvalue weighted by molar-refractivity contribution is 5.22. The van der Waals surface area contributed by atoms with Crippen molar-refractivity contribution in [3.05, 3.63) is 35.4 Å². The Labute approximate surface area is 96.6 Å². The van der Waals surface area contributed by atoms with Gasteiger partial charge in [-0.05, 0) is 31.2 Å². The summed E-state index contributed by atoms with van der Waals surface area (Å²) < 4.78 is 11.3. The molecule has 86 valence electrons. The second-order valence-electron chi connectivity index (χ2n) is 4.97. The van der Waals surface area contributed by atoms with E-state index in [1.54, 1.807) is 0 Å². The van der Waals surface area contributed by atoms with E-state index in [0.29, 0.717) is 11.8 Å². The lowest BCUT2D eigenvalue weighted by atomic mass is 9.85. The molecule has 16 heavy (non-hydrogen) atoms. The fourth-order valence-electron chi connectivity index (χ4n) is 2.75. The summed E-state index contributed by atoms with van der Waals surface area (Å²) in [7, 11) is 0. The van der Waals surface area contributed by atoms with Crippen molar-refractivity contribution in [3.63, 3.8) is 0 Å². The van der Waals surface area contributed by atoms with Gasteiger partial charge < -0.3 is 9.47 Å². The van der Waals surface area contributed by atoms with E-state index in [1.807, 2.05) is 0 Å². The van der Waals surface area contributed by atoms with Gasteiger partial charge in [-0.25, -0.2) is 0 Å². The zero-order valence-electron chi connectivity index (χ0n) is 9.69. The zero-order chi connectivity index (χ0) is 11.0. The van der Waals surface area contributed by atoms with Crippen LogP contribution < -0.4 is 0 Å². The van der Waals surface area contributed by atoms with Crippen LogP contribution in [0.15, 0.2) is 24.3 Å². The molecule has 3 atom stereocenters. The molecule has 0 radical (unpaired) electrons. The van der Waals surface area contributed by atoms with Crippen LogP contribution in [-0.4, -0.2) is 19.5 Å². The predicted molar refractivity (Wildman–Crippen MR) is 62.2 cm³/mol. The van der Waals surface area contributed by atoms with Crippen LogP contribution in [0.2, 0.25) is 0 Å². The standard InChI is InChI=1S/C14H18O2/c1-10-2-4-11(5-3-10)8-13-12-6-7-15-14(13)16-9-12/h2-5,12-14H,6-9H2,1H3. The van der Waals surface area contributed by atoms with Gasteiger partial charge in [0.25, 0.3) is 0 Å². The second kappa shape index (κ2) is 4.19. The molecule has 2 aliphatic heterocycles. The Balaban J connectivity index is 1.72. The molecule has 1 aromatic carbocycles. The molecule has 0 aromatic heterocycles. The Kier molecular flexibility index (Phi) is 2.70. The maximum Gasteiger partial charge on any atom is 0.161 e. The zero-order valence-corrected chi connectivity index (χ0v) is 9.69. The molecule has 2 saturated heterocycles. The minimum atomic E-state index is 0.0556. The van der Waals surface area contributed by atoms with Crippen LogP contribution in [0, 0.1) is 18.8 Å². The van der Waals surface area contributed by atoms with Gasteiger partial charge in [0, 0.05) is 5.92 Å². The molecule has 0 saturated carbocycles. The molecule has 2 aliphatic rings. The van der Waals surface area contributed by atoms with E-state index in [-0.39, 0.29) is 6.29 Å². The van der Waals surface area contributed by atoms with Gasteiger partial charge >= 0.3 is 0 Å². The molecule has 0 N–H and O–H groups in total. The summed E-state index contributed by atoms with van der Waals surface area (Å²) in [5.41, 5.74) is 2.73. The molecule has 0 spiro atoms. The number of hydrogen-bond acceptors (Lipinski definition) is 2. The van der Waals surface area contributed by atoms with Crippen molar-refractivity contribution in [1.82, 2.24) is 0 Å². The van der Waals surface area contributed by atoms with E-state index in [4.69, 9.17) is 9.47 Å². The first kappa shape index (κ1) is 10.3. The van der Waals surface area contributed by atoms with Crippen molar-refractivity contribution in [3.8, 4) is 0 Å². The van der Waals surface area contributed by atoms with E-state index in [1.165, 1.54) is 11.1 Å². The van der Waals surface area contributed by atoms with Crippen molar-refractivity contribution in [1.29, 1.82) is 0 Å². The smallest absolute Gasteiger partial charge is 0.161 e. The Morgan fingerprint density at radius 3 is 2.75 bits per heavy atom. The Morgan fingerprint density at radius 1 is 1.19 bits per heavy atom. The summed E-state index contributed by atoms with van der Waals surface area (Å²) in [6.07, 6.45) is 2.31. The summed E-state index contributed by atoms with van der Waals surface area (Å²) in [6.45, 7) is 3.89. The normalized spacial score (nSPS) is 32.9. The molecule has 1 aromatic rings. The first-order valence-corrected chi connectivity index (χ1v) is 6.12. The molecule has 3 rings (SSSR count). The van der Waals surface area contributed by atoms with Crippen LogP contribution in [0.25, 0.3) is 0 Å². The van der Waals surface area contributed by atoms with Gasteiger partial charge in [-0.1, -0.05) is 29.8 Å². The molecule has 0 aliphatic carbocycles. The number of ether oxygens (including phenoxy) is 2. The fourth-order valence-corrected chi connectivity index (χ4v) is 2.75. The maximum absolute atomic E-state index is 5.66. The summed E-state index contributed by atoms with van der Waals surface area (Å²) in [6, 6.07) is 8.82. The lowest BCUT2D eigenvalue weighted by Gasteiger charge is -2.27. The molecule has 2 heterocycles. The third kappa shape index (κ3) is 1.87. The van der Waals surface area contributed by atoms with E-state index >= 15 is 0 Å². The number of benzene rings is 1. The summed E-state index contributed by atoms with van der Waals surface area (Å²) in [5.74, 6) is 1.27. The maximum atomic E-state index is 5.66. The van der Waals surface area contributed by atoms with E-state index in [9.17, 15) is 0 Å². The van der Waals surface area contributed by atoms with Crippen molar-refractivity contribution in [2.75, 3.05) is 13.2 Å². The quantitative estimate of drug-likeness (QED) is 0.759. The SMILES string of the molecule is Cc1ccc(CC2C3CCOC2OC3)cc1. The molecule has 0 amide bonds. The second-order valence-corrected chi connectivity index (χ2v) is 4.97. The van der Waals surface area contributed by atoms with E-state index in [2.05, 4.69) is 31.2 Å². The van der Waals surface area contributed by atoms with Gasteiger partial charge in [0.05, 0.1) is 13.2 Å². The van der Waals surface area contributed by atoms with Crippen molar-refractivity contribution in [2.45, 2.75) is 26.1 Å². The summed E-state index contributed by atoms with van der Waals surface area (Å²) in [5, 5.41) is 0. The number of hydrogen-bond donors (Lipinski definition) is 0. The fraction of sp³-hybridized carbons (Fsp3) is 0.571. The van der Waals surface area contributed by atoms with Crippen LogP contribution in [-0.2, 0) is 15.9 Å². The Hall–Kier alpha value is -0.860. The van der Waals surface area contributed by atoms with Gasteiger partial charge in [-0.2, -0.15) is 0 Å². The lowest BCUT2D eigenvalue weighted by Crippen LogP contribution is -2.31. The number of rotatable bonds is 2. The van der Waals surface area contributed by atoms with Gasteiger partial charge in [0.15, 0.2) is 6.29 Å². The average molecular weight is 218 g/mol. The van der Waals surface area contributed by atoms with Crippen LogP contribution in [0.4, 0.5) is 0 Å². The molecule has 2 nitrogen and oxygen atoms in total. The largest absolute Gasteiger partial charge is 0.352 e. The lowest BCUT2D eigenvalue weighted by molar-refractivity contribution is -0.139. The van der Waals surface area contributed by atoms with Gasteiger partial charge in [-0.3, -0.25) is 0 Å². The first-order valence-electron chi connectivity index (χ1n) is 6.12. The van der Waals surface area contributed by atoms with Crippen molar-refractivity contribution < 1.29 is 9.47 Å². The number of fused-ring (bicyclic) bond motifs is 2. The van der Waals surface area contributed by atoms with Crippen molar-refractivity contribution in [2.24, 2.45) is 11.8 Å². The first-order chi connectivity index (χ1) is 7.83. The van der Waals surface area contributed by atoms with Gasteiger partial charge in [-0.15, -0.1) is 0 Å².